The molecule has 6 heavy (non-hydrogen) atoms. The van der Waals surface area contributed by atoms with Gasteiger partial charge in [-0.2, -0.15) is 0 Å². The minimum atomic E-state index is 0.319. The van der Waals surface area contributed by atoms with Crippen LogP contribution in [0.5, 0.6) is 0 Å². The fourth-order valence-electron chi connectivity index (χ4n) is 0. The summed E-state index contributed by atoms with van der Waals surface area (Å²) in [5, 5.41) is 7.88. The number of rotatable bonds is 1. The summed E-state index contributed by atoms with van der Waals surface area (Å²) in [7, 11) is 0. The van der Waals surface area contributed by atoms with Gasteiger partial charge >= 0.3 is 0 Å². The van der Waals surface area contributed by atoms with Crippen LogP contribution in [0.2, 0.25) is 0 Å². The summed E-state index contributed by atoms with van der Waals surface area (Å²) < 4.78 is 0. The van der Waals surface area contributed by atoms with E-state index in [2.05, 4.69) is 13.2 Å². The predicted octanol–water partition coefficient (Wildman–Crippen LogP) is 1.19. The van der Waals surface area contributed by atoms with Crippen LogP contribution in [0.1, 0.15) is 13.3 Å². The molecule has 0 saturated carbocycles. The van der Waals surface area contributed by atoms with Gasteiger partial charge in [-0.3, -0.25) is 0 Å². The van der Waals surface area contributed by atoms with Crippen molar-refractivity contribution in [3.8, 4) is 0 Å². The minimum absolute atomic E-state index is 0.319. The molecular formula is C5H12O. The van der Waals surface area contributed by atoms with Crippen LogP contribution in [0, 0.1) is 0 Å². The molecule has 0 atom stereocenters. The molecule has 0 saturated heterocycles. The van der Waals surface area contributed by atoms with Gasteiger partial charge in [0.15, 0.2) is 0 Å². The van der Waals surface area contributed by atoms with Crippen LogP contribution in [0.4, 0.5) is 0 Å². The third kappa shape index (κ3) is 55.0. The molecule has 0 aliphatic heterocycles. The lowest BCUT2D eigenvalue weighted by Crippen LogP contribution is -1.69. The Morgan fingerprint density at radius 2 is 1.67 bits per heavy atom. The first-order valence-electron chi connectivity index (χ1n) is 2.02. The van der Waals surface area contributed by atoms with Crippen LogP contribution in [0.15, 0.2) is 13.2 Å². The van der Waals surface area contributed by atoms with Gasteiger partial charge in [-0.25, -0.2) is 0 Å². The SMILES string of the molecule is C=C.CCCO. The third-order valence-electron chi connectivity index (χ3n) is 0.224. The van der Waals surface area contributed by atoms with Crippen LogP contribution in [0.25, 0.3) is 0 Å². The molecule has 1 nitrogen and oxygen atoms in total. The first-order chi connectivity index (χ1) is 2.91. The largest absolute Gasteiger partial charge is 0.396 e. The van der Waals surface area contributed by atoms with Crippen LogP contribution < -0.4 is 0 Å². The molecule has 0 aliphatic rings. The molecule has 0 unspecified atom stereocenters. The van der Waals surface area contributed by atoms with Gasteiger partial charge in [0.1, 0.15) is 0 Å². The highest BCUT2D eigenvalue weighted by molar-refractivity contribution is 4.22. The summed E-state index contributed by atoms with van der Waals surface area (Å²) in [6.07, 6.45) is 0.875. The maximum Gasteiger partial charge on any atom is 0.0428 e. The summed E-state index contributed by atoms with van der Waals surface area (Å²) >= 11 is 0. The molecule has 0 rings (SSSR count). The van der Waals surface area contributed by atoms with E-state index in [1.165, 1.54) is 0 Å². The minimum Gasteiger partial charge on any atom is -0.396 e. The summed E-state index contributed by atoms with van der Waals surface area (Å²) in [5.74, 6) is 0. The molecule has 0 bridgehead atoms. The lowest BCUT2D eigenvalue weighted by atomic mass is 10.5. The molecule has 0 aromatic rings. The fourth-order valence-corrected chi connectivity index (χ4v) is 0. The molecular weight excluding hydrogens is 76.1 g/mol. The normalized spacial score (nSPS) is 5.67. The van der Waals surface area contributed by atoms with Crippen molar-refractivity contribution in [1.82, 2.24) is 0 Å². The summed E-state index contributed by atoms with van der Waals surface area (Å²) in [4.78, 5) is 0. The van der Waals surface area contributed by atoms with E-state index in [0.717, 1.165) is 6.42 Å². The van der Waals surface area contributed by atoms with Crippen molar-refractivity contribution in [2.75, 3.05) is 6.61 Å². The Kier molecular flexibility index (Phi) is 34.1. The average Bonchev–Trinajstić information content (AvgIpc) is 1.72. The monoisotopic (exact) mass is 88.1 g/mol. The number of hydrogen-bond acceptors (Lipinski definition) is 1. The first kappa shape index (κ1) is 9.20. The Morgan fingerprint density at radius 1 is 1.50 bits per heavy atom. The highest BCUT2D eigenvalue weighted by Gasteiger charge is 1.57. The highest BCUT2D eigenvalue weighted by atomic mass is 16.2. The summed E-state index contributed by atoms with van der Waals surface area (Å²) in [6.45, 7) is 8.25. The molecule has 0 heterocycles. The summed E-state index contributed by atoms with van der Waals surface area (Å²) in [5.41, 5.74) is 0. The van der Waals surface area contributed by atoms with Crippen molar-refractivity contribution in [1.29, 1.82) is 0 Å². The quantitative estimate of drug-likeness (QED) is 0.477. The second-order valence-electron chi connectivity index (χ2n) is 0.724. The van der Waals surface area contributed by atoms with E-state index in [-0.39, 0.29) is 0 Å². The van der Waals surface area contributed by atoms with E-state index >= 15 is 0 Å². The van der Waals surface area contributed by atoms with Gasteiger partial charge in [-0.15, -0.1) is 13.2 Å². The predicted molar refractivity (Wildman–Crippen MR) is 28.6 cm³/mol. The van der Waals surface area contributed by atoms with Gasteiger partial charge in [0.2, 0.25) is 0 Å². The Balaban J connectivity index is 0. The van der Waals surface area contributed by atoms with Gasteiger partial charge in [0.25, 0.3) is 0 Å². The van der Waals surface area contributed by atoms with E-state index in [1.807, 2.05) is 6.92 Å². The van der Waals surface area contributed by atoms with Crippen molar-refractivity contribution in [3.63, 3.8) is 0 Å². The zero-order valence-electron chi connectivity index (χ0n) is 4.28. The maximum atomic E-state index is 7.88. The molecule has 0 fully saturated rings. The van der Waals surface area contributed by atoms with E-state index in [0.29, 0.717) is 6.61 Å². The van der Waals surface area contributed by atoms with Gasteiger partial charge in [0.05, 0.1) is 0 Å². The average molecular weight is 88.1 g/mol. The van der Waals surface area contributed by atoms with Crippen molar-refractivity contribution in [2.24, 2.45) is 0 Å². The Morgan fingerprint density at radius 3 is 1.67 bits per heavy atom. The Labute approximate surface area is 39.3 Å². The summed E-state index contributed by atoms with van der Waals surface area (Å²) in [6, 6.07) is 0. The van der Waals surface area contributed by atoms with Crippen molar-refractivity contribution in [3.05, 3.63) is 13.2 Å². The number of hydrogen-bond donors (Lipinski definition) is 1. The highest BCUT2D eigenvalue weighted by Crippen LogP contribution is 1.61. The topological polar surface area (TPSA) is 20.2 Å². The fraction of sp³-hybridized carbons (Fsp3) is 0.600. The van der Waals surface area contributed by atoms with E-state index in [1.54, 1.807) is 0 Å². The number of aliphatic hydroxyl groups is 1. The van der Waals surface area contributed by atoms with Gasteiger partial charge in [-0.05, 0) is 6.42 Å². The smallest absolute Gasteiger partial charge is 0.0428 e. The number of aliphatic hydroxyl groups excluding tert-OH is 1. The van der Waals surface area contributed by atoms with Crippen LogP contribution in [-0.4, -0.2) is 11.7 Å². The molecule has 0 radical (unpaired) electrons. The molecule has 0 spiro atoms. The van der Waals surface area contributed by atoms with Crippen molar-refractivity contribution >= 4 is 0 Å². The van der Waals surface area contributed by atoms with Crippen LogP contribution in [-0.2, 0) is 0 Å². The molecule has 1 heteroatoms. The Hall–Kier alpha value is -0.300. The lowest BCUT2D eigenvalue weighted by Gasteiger charge is -1.69. The van der Waals surface area contributed by atoms with Gasteiger partial charge in [-0.1, -0.05) is 6.92 Å². The maximum absolute atomic E-state index is 7.88. The van der Waals surface area contributed by atoms with E-state index < -0.39 is 0 Å². The molecule has 0 aromatic heterocycles. The second-order valence-corrected chi connectivity index (χ2v) is 0.724. The molecule has 1 N–H and O–H groups in total. The zero-order chi connectivity index (χ0) is 5.41. The van der Waals surface area contributed by atoms with Crippen LogP contribution in [0.3, 0.4) is 0 Å². The van der Waals surface area contributed by atoms with Crippen molar-refractivity contribution in [2.45, 2.75) is 13.3 Å². The van der Waals surface area contributed by atoms with Gasteiger partial charge < -0.3 is 5.11 Å². The molecule has 0 aromatic carbocycles. The van der Waals surface area contributed by atoms with E-state index in [9.17, 15) is 0 Å². The third-order valence-corrected chi connectivity index (χ3v) is 0.224. The van der Waals surface area contributed by atoms with Gasteiger partial charge in [0, 0.05) is 6.61 Å². The van der Waals surface area contributed by atoms with Crippen LogP contribution >= 0.6 is 0 Å². The molecule has 38 valence electrons. The molecule has 0 amide bonds. The van der Waals surface area contributed by atoms with Crippen molar-refractivity contribution < 1.29 is 5.11 Å². The lowest BCUT2D eigenvalue weighted by molar-refractivity contribution is 0.295. The molecule has 0 aliphatic carbocycles. The van der Waals surface area contributed by atoms with E-state index in [4.69, 9.17) is 5.11 Å². The zero-order valence-corrected chi connectivity index (χ0v) is 4.28. The standard InChI is InChI=1S/C3H8O.C2H4/c1-2-3-4;1-2/h4H,2-3H2,1H3;1-2H2. The second kappa shape index (κ2) is 22.3. The first-order valence-corrected chi connectivity index (χ1v) is 2.02. The Bertz CT molecular complexity index is 11.4.